The number of nitriles is 1. The van der Waals surface area contributed by atoms with Crippen molar-refractivity contribution in [3.63, 3.8) is 0 Å². The molecule has 0 N–H and O–H groups in total. The first-order valence-electron chi connectivity index (χ1n) is 8.51. The summed E-state index contributed by atoms with van der Waals surface area (Å²) in [5.41, 5.74) is 0.325. The van der Waals surface area contributed by atoms with Crippen LogP contribution in [0.1, 0.15) is 37.3 Å². The molecule has 0 radical (unpaired) electrons. The van der Waals surface area contributed by atoms with E-state index in [9.17, 15) is 5.26 Å². The molecule has 1 aromatic carbocycles. The maximum atomic E-state index is 9.35. The zero-order valence-electron chi connectivity index (χ0n) is 13.9. The number of fused-ring (bicyclic) bond motifs is 1. The lowest BCUT2D eigenvalue weighted by atomic mass is 10.2. The number of ether oxygens (including phenoxy) is 3. The second-order valence-electron chi connectivity index (χ2n) is 6.08. The van der Waals surface area contributed by atoms with Gasteiger partial charge in [-0.05, 0) is 25.0 Å². The van der Waals surface area contributed by atoms with Crippen LogP contribution in [0.25, 0.3) is 0 Å². The Kier molecular flexibility index (Phi) is 4.34. The molecule has 4 rings (SSSR count). The van der Waals surface area contributed by atoms with Gasteiger partial charge in [0.15, 0.2) is 18.1 Å². The van der Waals surface area contributed by atoms with Crippen molar-refractivity contribution in [3.8, 4) is 23.3 Å². The monoisotopic (exact) mass is 341 g/mol. The van der Waals surface area contributed by atoms with Crippen LogP contribution in [-0.4, -0.2) is 24.9 Å². The molecule has 7 heteroatoms. The predicted molar refractivity (Wildman–Crippen MR) is 88.8 cm³/mol. The van der Waals surface area contributed by atoms with Crippen molar-refractivity contribution in [1.29, 1.82) is 5.26 Å². The molecule has 2 aliphatic heterocycles. The van der Waals surface area contributed by atoms with Gasteiger partial charge >= 0.3 is 0 Å². The highest BCUT2D eigenvalue weighted by Gasteiger charge is 2.21. The van der Waals surface area contributed by atoms with Gasteiger partial charge in [-0.25, -0.2) is 0 Å². The summed E-state index contributed by atoms with van der Waals surface area (Å²) >= 11 is 0. The van der Waals surface area contributed by atoms with Gasteiger partial charge in [0.25, 0.3) is 0 Å². The quantitative estimate of drug-likeness (QED) is 0.844. The molecule has 130 valence electrons. The van der Waals surface area contributed by atoms with Gasteiger partial charge in [-0.1, -0.05) is 12.8 Å². The van der Waals surface area contributed by atoms with Crippen molar-refractivity contribution in [3.05, 3.63) is 29.8 Å². The van der Waals surface area contributed by atoms with Crippen LogP contribution in [0.3, 0.4) is 0 Å². The second kappa shape index (κ2) is 6.93. The molecule has 25 heavy (non-hydrogen) atoms. The summed E-state index contributed by atoms with van der Waals surface area (Å²) in [5.74, 6) is 2.96. The first-order chi connectivity index (χ1) is 12.3. The molecule has 0 saturated carbocycles. The second-order valence-corrected chi connectivity index (χ2v) is 6.08. The van der Waals surface area contributed by atoms with Crippen LogP contribution in [0.4, 0.5) is 5.88 Å². The third-order valence-corrected chi connectivity index (χ3v) is 4.36. The van der Waals surface area contributed by atoms with Crippen molar-refractivity contribution in [2.75, 3.05) is 24.8 Å². The highest BCUT2D eigenvalue weighted by molar-refractivity contribution is 5.48. The summed E-state index contributed by atoms with van der Waals surface area (Å²) < 4.78 is 22.2. The minimum atomic E-state index is 0.155. The smallest absolute Gasteiger partial charge is 0.236 e. The van der Waals surface area contributed by atoms with Crippen LogP contribution in [0.5, 0.6) is 17.2 Å². The third-order valence-electron chi connectivity index (χ3n) is 4.36. The van der Waals surface area contributed by atoms with Crippen LogP contribution in [0.2, 0.25) is 0 Å². The van der Waals surface area contributed by atoms with Gasteiger partial charge in [0, 0.05) is 19.2 Å². The van der Waals surface area contributed by atoms with E-state index in [4.69, 9.17) is 18.6 Å². The van der Waals surface area contributed by atoms with E-state index >= 15 is 0 Å². The standard InChI is InChI=1S/C18H19N3O4/c19-10-14-18(21-7-3-1-2-4-8-21)25-17(20-14)11-22-13-5-6-15-16(9-13)24-12-23-15/h5-6,9H,1-4,7-8,11-12H2. The number of hydrogen-bond acceptors (Lipinski definition) is 7. The molecule has 2 aromatic rings. The number of oxazole rings is 1. The van der Waals surface area contributed by atoms with E-state index in [0.717, 1.165) is 25.9 Å². The number of benzene rings is 1. The lowest BCUT2D eigenvalue weighted by molar-refractivity contribution is 0.173. The highest BCUT2D eigenvalue weighted by atomic mass is 16.7. The molecular formula is C18H19N3O4. The fraction of sp³-hybridized carbons (Fsp3) is 0.444. The molecule has 2 aliphatic rings. The Morgan fingerprint density at radius 1 is 1.12 bits per heavy atom. The Morgan fingerprint density at radius 2 is 1.92 bits per heavy atom. The summed E-state index contributed by atoms with van der Waals surface area (Å²) in [5, 5.41) is 9.35. The van der Waals surface area contributed by atoms with E-state index in [1.54, 1.807) is 18.2 Å². The van der Waals surface area contributed by atoms with E-state index in [2.05, 4.69) is 16.0 Å². The number of anilines is 1. The molecule has 0 bridgehead atoms. The molecule has 0 unspecified atom stereocenters. The number of nitrogens with zero attached hydrogens (tertiary/aromatic N) is 3. The normalized spacial score (nSPS) is 16.4. The van der Waals surface area contributed by atoms with E-state index in [0.29, 0.717) is 34.7 Å². The summed E-state index contributed by atoms with van der Waals surface area (Å²) in [6.07, 6.45) is 4.64. The van der Waals surface area contributed by atoms with Gasteiger partial charge in [0.05, 0.1) is 0 Å². The van der Waals surface area contributed by atoms with Crippen molar-refractivity contribution in [2.45, 2.75) is 32.3 Å². The molecule has 1 fully saturated rings. The zero-order valence-corrected chi connectivity index (χ0v) is 13.9. The van der Waals surface area contributed by atoms with E-state index in [1.807, 2.05) is 0 Å². The average Bonchev–Trinajstić information content (AvgIpc) is 3.18. The molecule has 0 spiro atoms. The van der Waals surface area contributed by atoms with Gasteiger partial charge < -0.3 is 23.5 Å². The van der Waals surface area contributed by atoms with Crippen LogP contribution in [0.15, 0.2) is 22.6 Å². The SMILES string of the molecule is N#Cc1nc(COc2ccc3c(c2)OCO3)oc1N1CCCCCC1. The third kappa shape index (κ3) is 3.33. The molecule has 1 saturated heterocycles. The molecule has 0 aliphatic carbocycles. The molecular weight excluding hydrogens is 322 g/mol. The minimum absolute atomic E-state index is 0.155. The maximum absolute atomic E-state index is 9.35. The summed E-state index contributed by atoms with van der Waals surface area (Å²) in [6.45, 7) is 2.17. The summed E-state index contributed by atoms with van der Waals surface area (Å²) in [4.78, 5) is 6.39. The van der Waals surface area contributed by atoms with Gasteiger partial charge in [0.2, 0.25) is 24.3 Å². The van der Waals surface area contributed by atoms with E-state index < -0.39 is 0 Å². The van der Waals surface area contributed by atoms with Crippen LogP contribution < -0.4 is 19.1 Å². The minimum Gasteiger partial charge on any atom is -0.484 e. The molecule has 7 nitrogen and oxygen atoms in total. The average molecular weight is 341 g/mol. The van der Waals surface area contributed by atoms with Crippen LogP contribution in [-0.2, 0) is 6.61 Å². The maximum Gasteiger partial charge on any atom is 0.236 e. The number of aromatic nitrogens is 1. The summed E-state index contributed by atoms with van der Waals surface area (Å²) in [6, 6.07) is 7.50. The molecule has 1 aromatic heterocycles. The molecule has 3 heterocycles. The summed E-state index contributed by atoms with van der Waals surface area (Å²) in [7, 11) is 0. The predicted octanol–water partition coefficient (Wildman–Crippen LogP) is 3.23. The van der Waals surface area contributed by atoms with E-state index in [1.165, 1.54) is 12.8 Å². The van der Waals surface area contributed by atoms with Crippen LogP contribution >= 0.6 is 0 Å². The van der Waals surface area contributed by atoms with Gasteiger partial charge in [-0.3, -0.25) is 0 Å². The fourth-order valence-corrected chi connectivity index (χ4v) is 3.09. The Bertz CT molecular complexity index is 788. The van der Waals surface area contributed by atoms with Gasteiger partial charge in [-0.15, -0.1) is 0 Å². The molecule has 0 amide bonds. The first-order valence-corrected chi connectivity index (χ1v) is 8.51. The topological polar surface area (TPSA) is 80.8 Å². The Balaban J connectivity index is 1.46. The first kappa shape index (κ1) is 15.6. The molecule has 0 atom stereocenters. The highest BCUT2D eigenvalue weighted by Crippen LogP contribution is 2.35. The van der Waals surface area contributed by atoms with Gasteiger partial charge in [0.1, 0.15) is 11.8 Å². The van der Waals surface area contributed by atoms with E-state index in [-0.39, 0.29) is 13.4 Å². The lowest BCUT2D eigenvalue weighted by Crippen LogP contribution is -2.24. The van der Waals surface area contributed by atoms with Crippen molar-refractivity contribution in [2.24, 2.45) is 0 Å². The Hall–Kier alpha value is -2.88. The van der Waals surface area contributed by atoms with Crippen molar-refractivity contribution >= 4 is 5.88 Å². The van der Waals surface area contributed by atoms with Crippen molar-refractivity contribution in [1.82, 2.24) is 4.98 Å². The zero-order chi connectivity index (χ0) is 17.1. The Labute approximate surface area is 145 Å². The van der Waals surface area contributed by atoms with Crippen molar-refractivity contribution < 1.29 is 18.6 Å². The fourth-order valence-electron chi connectivity index (χ4n) is 3.09. The number of rotatable bonds is 4. The largest absolute Gasteiger partial charge is 0.484 e. The van der Waals surface area contributed by atoms with Crippen LogP contribution in [0, 0.1) is 11.3 Å². The Morgan fingerprint density at radius 3 is 2.72 bits per heavy atom. The lowest BCUT2D eigenvalue weighted by Gasteiger charge is -2.18. The number of hydrogen-bond donors (Lipinski definition) is 0. The van der Waals surface area contributed by atoms with Gasteiger partial charge in [-0.2, -0.15) is 10.2 Å².